The molecule has 0 aliphatic heterocycles. The van der Waals surface area contributed by atoms with Gasteiger partial charge in [-0.05, 0) is 24.6 Å². The maximum Gasteiger partial charge on any atom is 0.110 e. The summed E-state index contributed by atoms with van der Waals surface area (Å²) in [4.78, 5) is 8.47. The van der Waals surface area contributed by atoms with Crippen LogP contribution in [-0.2, 0) is 13.0 Å². The molecule has 2 N–H and O–H groups in total. The third kappa shape index (κ3) is 2.46. The van der Waals surface area contributed by atoms with Crippen LogP contribution in [-0.4, -0.2) is 21.1 Å². The molecular formula is C12H16N4. The van der Waals surface area contributed by atoms with Crippen LogP contribution < -0.4 is 5.73 Å². The molecule has 16 heavy (non-hydrogen) atoms. The van der Waals surface area contributed by atoms with E-state index in [0.717, 1.165) is 18.8 Å². The highest BCUT2D eigenvalue weighted by Crippen LogP contribution is 2.06. The van der Waals surface area contributed by atoms with Crippen LogP contribution in [0.3, 0.4) is 0 Å². The first-order valence-corrected chi connectivity index (χ1v) is 5.40. The number of rotatable bonds is 4. The molecule has 4 nitrogen and oxygen atoms in total. The van der Waals surface area contributed by atoms with Crippen LogP contribution in [0.1, 0.15) is 17.0 Å². The normalized spacial score (nSPS) is 10.6. The van der Waals surface area contributed by atoms with Gasteiger partial charge in [0.15, 0.2) is 0 Å². The Kier molecular flexibility index (Phi) is 3.31. The standard InChI is InChI=1S/C12H16N4/c1-10-6-11(8-14-7-10)9-16-5-4-15-12(16)2-3-13/h4-8H,2-3,9,13H2,1H3. The maximum absolute atomic E-state index is 5.54. The molecule has 0 aromatic carbocycles. The van der Waals surface area contributed by atoms with E-state index in [9.17, 15) is 0 Å². The number of pyridine rings is 1. The van der Waals surface area contributed by atoms with Gasteiger partial charge in [0.1, 0.15) is 5.82 Å². The summed E-state index contributed by atoms with van der Waals surface area (Å²) in [5.41, 5.74) is 7.91. The Balaban J connectivity index is 2.17. The van der Waals surface area contributed by atoms with Gasteiger partial charge >= 0.3 is 0 Å². The van der Waals surface area contributed by atoms with Gasteiger partial charge in [0, 0.05) is 31.2 Å². The average molecular weight is 216 g/mol. The lowest BCUT2D eigenvalue weighted by Crippen LogP contribution is -2.10. The fourth-order valence-electron chi connectivity index (χ4n) is 1.74. The van der Waals surface area contributed by atoms with Crippen LogP contribution in [0.5, 0.6) is 0 Å². The number of hydrogen-bond acceptors (Lipinski definition) is 3. The molecule has 0 radical (unpaired) electrons. The zero-order valence-corrected chi connectivity index (χ0v) is 9.43. The second-order valence-corrected chi connectivity index (χ2v) is 3.88. The summed E-state index contributed by atoms with van der Waals surface area (Å²) in [6.07, 6.45) is 8.35. The lowest BCUT2D eigenvalue weighted by molar-refractivity contribution is 0.714. The van der Waals surface area contributed by atoms with E-state index in [1.54, 1.807) is 0 Å². The number of nitrogens with two attached hydrogens (primary N) is 1. The van der Waals surface area contributed by atoms with Crippen molar-refractivity contribution >= 4 is 0 Å². The first-order chi connectivity index (χ1) is 7.79. The molecule has 0 unspecified atom stereocenters. The molecule has 0 fully saturated rings. The lowest BCUT2D eigenvalue weighted by atomic mass is 10.2. The minimum atomic E-state index is 0.628. The second kappa shape index (κ2) is 4.90. The van der Waals surface area contributed by atoms with E-state index in [2.05, 4.69) is 20.6 Å². The Bertz CT molecular complexity index is 462. The van der Waals surface area contributed by atoms with E-state index in [4.69, 9.17) is 5.73 Å². The van der Waals surface area contributed by atoms with Gasteiger partial charge in [0.05, 0.1) is 6.54 Å². The quantitative estimate of drug-likeness (QED) is 0.833. The number of imidazole rings is 1. The van der Waals surface area contributed by atoms with E-state index >= 15 is 0 Å². The summed E-state index contributed by atoms with van der Waals surface area (Å²) < 4.78 is 2.11. The molecule has 2 aromatic rings. The Morgan fingerprint density at radius 3 is 3.00 bits per heavy atom. The SMILES string of the molecule is Cc1cncc(Cn2ccnc2CCN)c1. The number of nitrogens with zero attached hydrogens (tertiary/aromatic N) is 3. The Labute approximate surface area is 95.1 Å². The van der Waals surface area contributed by atoms with Gasteiger partial charge < -0.3 is 10.3 Å². The summed E-state index contributed by atoms with van der Waals surface area (Å²) in [5.74, 6) is 1.03. The molecule has 4 heteroatoms. The van der Waals surface area contributed by atoms with Crippen molar-refractivity contribution in [3.63, 3.8) is 0 Å². The van der Waals surface area contributed by atoms with E-state index < -0.39 is 0 Å². The molecule has 0 aliphatic rings. The molecule has 0 atom stereocenters. The molecule has 2 aromatic heterocycles. The van der Waals surface area contributed by atoms with Crippen molar-refractivity contribution in [2.24, 2.45) is 5.73 Å². The number of aromatic nitrogens is 3. The second-order valence-electron chi connectivity index (χ2n) is 3.88. The zero-order valence-electron chi connectivity index (χ0n) is 9.43. The number of aryl methyl sites for hydroxylation is 1. The van der Waals surface area contributed by atoms with Crippen LogP contribution in [0, 0.1) is 6.92 Å². The Hall–Kier alpha value is -1.68. The van der Waals surface area contributed by atoms with Gasteiger partial charge in [-0.25, -0.2) is 4.98 Å². The molecule has 0 saturated heterocycles. The fourth-order valence-corrected chi connectivity index (χ4v) is 1.74. The van der Waals surface area contributed by atoms with Crippen molar-refractivity contribution in [1.29, 1.82) is 0 Å². The highest BCUT2D eigenvalue weighted by Gasteiger charge is 2.02. The first-order valence-electron chi connectivity index (χ1n) is 5.40. The third-order valence-corrected chi connectivity index (χ3v) is 2.45. The molecule has 2 heterocycles. The van der Waals surface area contributed by atoms with E-state index in [-0.39, 0.29) is 0 Å². The van der Waals surface area contributed by atoms with Gasteiger partial charge in [0.2, 0.25) is 0 Å². The van der Waals surface area contributed by atoms with Crippen molar-refractivity contribution in [2.75, 3.05) is 6.54 Å². The van der Waals surface area contributed by atoms with Crippen LogP contribution >= 0.6 is 0 Å². The summed E-state index contributed by atoms with van der Waals surface area (Å²) >= 11 is 0. The summed E-state index contributed by atoms with van der Waals surface area (Å²) in [6, 6.07) is 2.14. The smallest absolute Gasteiger partial charge is 0.110 e. The monoisotopic (exact) mass is 216 g/mol. The lowest BCUT2D eigenvalue weighted by Gasteiger charge is -2.07. The van der Waals surface area contributed by atoms with E-state index in [1.165, 1.54) is 11.1 Å². The molecule has 0 amide bonds. The third-order valence-electron chi connectivity index (χ3n) is 2.45. The molecule has 0 bridgehead atoms. The van der Waals surface area contributed by atoms with Gasteiger partial charge in [0.25, 0.3) is 0 Å². The largest absolute Gasteiger partial charge is 0.330 e. The Morgan fingerprint density at radius 2 is 2.25 bits per heavy atom. The van der Waals surface area contributed by atoms with Crippen molar-refractivity contribution in [3.8, 4) is 0 Å². The molecular weight excluding hydrogens is 200 g/mol. The van der Waals surface area contributed by atoms with E-state index in [1.807, 2.05) is 31.7 Å². The summed E-state index contributed by atoms with van der Waals surface area (Å²) in [6.45, 7) is 3.48. The molecule has 2 rings (SSSR count). The van der Waals surface area contributed by atoms with Crippen molar-refractivity contribution in [3.05, 3.63) is 47.8 Å². The summed E-state index contributed by atoms with van der Waals surface area (Å²) in [5, 5.41) is 0. The van der Waals surface area contributed by atoms with Crippen LogP contribution in [0.25, 0.3) is 0 Å². The van der Waals surface area contributed by atoms with Gasteiger partial charge in [-0.2, -0.15) is 0 Å². The van der Waals surface area contributed by atoms with Crippen LogP contribution in [0.2, 0.25) is 0 Å². The summed E-state index contributed by atoms with van der Waals surface area (Å²) in [7, 11) is 0. The van der Waals surface area contributed by atoms with E-state index in [0.29, 0.717) is 6.54 Å². The highest BCUT2D eigenvalue weighted by atomic mass is 15.1. The average Bonchev–Trinajstić information content (AvgIpc) is 2.66. The molecule has 0 spiro atoms. The van der Waals surface area contributed by atoms with Crippen molar-refractivity contribution in [2.45, 2.75) is 19.9 Å². The zero-order chi connectivity index (χ0) is 11.4. The van der Waals surface area contributed by atoms with Gasteiger partial charge in [-0.1, -0.05) is 6.07 Å². The minimum Gasteiger partial charge on any atom is -0.330 e. The van der Waals surface area contributed by atoms with Crippen molar-refractivity contribution < 1.29 is 0 Å². The predicted octanol–water partition coefficient (Wildman–Crippen LogP) is 1.14. The van der Waals surface area contributed by atoms with Crippen molar-refractivity contribution in [1.82, 2.24) is 14.5 Å². The molecule has 0 saturated carbocycles. The van der Waals surface area contributed by atoms with Gasteiger partial charge in [-0.15, -0.1) is 0 Å². The van der Waals surface area contributed by atoms with Crippen LogP contribution in [0.15, 0.2) is 30.9 Å². The highest BCUT2D eigenvalue weighted by molar-refractivity contribution is 5.17. The maximum atomic E-state index is 5.54. The minimum absolute atomic E-state index is 0.628. The number of hydrogen-bond donors (Lipinski definition) is 1. The Morgan fingerprint density at radius 1 is 1.38 bits per heavy atom. The first kappa shape index (κ1) is 10.8. The van der Waals surface area contributed by atoms with Gasteiger partial charge in [-0.3, -0.25) is 4.98 Å². The fraction of sp³-hybridized carbons (Fsp3) is 0.333. The topological polar surface area (TPSA) is 56.7 Å². The predicted molar refractivity (Wildman–Crippen MR) is 63.1 cm³/mol. The molecule has 84 valence electrons. The molecule has 0 aliphatic carbocycles. The van der Waals surface area contributed by atoms with Crippen LogP contribution in [0.4, 0.5) is 0 Å².